The van der Waals surface area contributed by atoms with Crippen molar-refractivity contribution in [3.8, 4) is 0 Å². The van der Waals surface area contributed by atoms with Gasteiger partial charge in [-0.25, -0.2) is 0 Å². The van der Waals surface area contributed by atoms with Crippen LogP contribution in [0, 0.1) is 0 Å². The van der Waals surface area contributed by atoms with Crippen LogP contribution in [0.25, 0.3) is 0 Å². The molecule has 1 aliphatic heterocycles. The number of amides is 1. The van der Waals surface area contributed by atoms with Crippen LogP contribution < -0.4 is 5.32 Å². The molecule has 0 aliphatic carbocycles. The second kappa shape index (κ2) is 5.55. The molecule has 3 rings (SSSR count). The van der Waals surface area contributed by atoms with Gasteiger partial charge in [-0.1, -0.05) is 11.8 Å². The largest absolute Gasteiger partial charge is 0.416 e. The van der Waals surface area contributed by atoms with Crippen molar-refractivity contribution >= 4 is 35.1 Å². The summed E-state index contributed by atoms with van der Waals surface area (Å²) < 4.78 is 38.4. The van der Waals surface area contributed by atoms with Gasteiger partial charge in [0.15, 0.2) is 0 Å². The summed E-state index contributed by atoms with van der Waals surface area (Å²) in [6.07, 6.45) is -2.54. The van der Waals surface area contributed by atoms with Crippen LogP contribution in [-0.2, 0) is 6.18 Å². The van der Waals surface area contributed by atoms with Crippen LogP contribution in [0.3, 0.4) is 0 Å². The Hall–Kier alpha value is -1.60. The Balaban J connectivity index is 2.07. The smallest absolute Gasteiger partial charge is 0.321 e. The fourth-order valence-corrected chi connectivity index (χ4v) is 3.53. The van der Waals surface area contributed by atoms with Gasteiger partial charge in [0.1, 0.15) is 0 Å². The first-order valence-electron chi connectivity index (χ1n) is 6.27. The molecule has 0 saturated carbocycles. The number of fused-ring (bicyclic) bond motifs is 2. The van der Waals surface area contributed by atoms with Crippen molar-refractivity contribution in [3.63, 3.8) is 0 Å². The first-order valence-corrected chi connectivity index (χ1v) is 8.31. The molecule has 1 amide bonds. The van der Waals surface area contributed by atoms with E-state index in [2.05, 4.69) is 5.32 Å². The molecule has 0 spiro atoms. The number of halogens is 3. The lowest BCUT2D eigenvalue weighted by molar-refractivity contribution is -0.137. The molecule has 22 heavy (non-hydrogen) atoms. The summed E-state index contributed by atoms with van der Waals surface area (Å²) in [4.78, 5) is 14.5. The highest BCUT2D eigenvalue weighted by atomic mass is 32.2. The summed E-state index contributed by atoms with van der Waals surface area (Å²) in [5.41, 5.74) is -0.115. The number of nitrogens with one attached hydrogen (secondary N) is 1. The highest BCUT2D eigenvalue weighted by Gasteiger charge is 2.32. The van der Waals surface area contributed by atoms with E-state index < -0.39 is 17.6 Å². The molecule has 1 aliphatic rings. The molecule has 0 fully saturated rings. The molecule has 0 atom stereocenters. The minimum atomic E-state index is -4.43. The summed E-state index contributed by atoms with van der Waals surface area (Å²) in [5.74, 6) is -0.392. The van der Waals surface area contributed by atoms with Gasteiger partial charge in [-0.05, 0) is 42.7 Å². The number of hydrogen-bond acceptors (Lipinski definition) is 3. The number of benzene rings is 2. The molecule has 114 valence electrons. The van der Waals surface area contributed by atoms with E-state index in [9.17, 15) is 18.0 Å². The molecule has 7 heteroatoms. The van der Waals surface area contributed by atoms with E-state index in [1.54, 1.807) is 6.07 Å². The Bertz CT molecular complexity index is 759. The van der Waals surface area contributed by atoms with Crippen LogP contribution in [0.1, 0.15) is 15.9 Å². The van der Waals surface area contributed by atoms with E-state index in [4.69, 9.17) is 0 Å². The number of alkyl halides is 3. The summed E-state index contributed by atoms with van der Waals surface area (Å²) in [6, 6.07) is 8.84. The molecule has 0 unspecified atom stereocenters. The van der Waals surface area contributed by atoms with E-state index in [-0.39, 0.29) is 5.69 Å². The van der Waals surface area contributed by atoms with Gasteiger partial charge in [0.05, 0.1) is 16.8 Å². The standard InChI is InChI=1S/C15H10F3NOS2/c1-21-9-3-5-12-10(7-9)14(20)19-11-6-8(15(16,17)18)2-4-13(11)22-12/h2-7H,1H3,(H,19,20). The Morgan fingerprint density at radius 3 is 2.50 bits per heavy atom. The molecule has 0 radical (unpaired) electrons. The molecular formula is C15H10F3NOS2. The lowest BCUT2D eigenvalue weighted by atomic mass is 10.1. The zero-order valence-corrected chi connectivity index (χ0v) is 13.0. The Morgan fingerprint density at radius 2 is 1.82 bits per heavy atom. The highest BCUT2D eigenvalue weighted by Crippen LogP contribution is 2.42. The first kappa shape index (κ1) is 15.3. The van der Waals surface area contributed by atoms with Crippen LogP contribution in [0.15, 0.2) is 51.1 Å². The van der Waals surface area contributed by atoms with E-state index in [0.29, 0.717) is 10.5 Å². The van der Waals surface area contributed by atoms with E-state index in [1.807, 2.05) is 18.4 Å². The van der Waals surface area contributed by atoms with E-state index in [0.717, 1.165) is 21.9 Å². The molecule has 0 saturated heterocycles. The zero-order valence-electron chi connectivity index (χ0n) is 11.3. The summed E-state index contributed by atoms with van der Waals surface area (Å²) >= 11 is 2.79. The van der Waals surface area contributed by atoms with Gasteiger partial charge in [0, 0.05) is 14.7 Å². The van der Waals surface area contributed by atoms with Gasteiger partial charge in [0.2, 0.25) is 0 Å². The van der Waals surface area contributed by atoms with Crippen molar-refractivity contribution in [1.29, 1.82) is 0 Å². The third-order valence-corrected chi connectivity index (χ3v) is 5.08. The zero-order chi connectivity index (χ0) is 15.9. The van der Waals surface area contributed by atoms with Crippen LogP contribution >= 0.6 is 23.5 Å². The Kier molecular flexibility index (Phi) is 3.86. The normalized spacial score (nSPS) is 13.9. The predicted molar refractivity (Wildman–Crippen MR) is 81.7 cm³/mol. The van der Waals surface area contributed by atoms with Crippen molar-refractivity contribution in [3.05, 3.63) is 47.5 Å². The van der Waals surface area contributed by atoms with Gasteiger partial charge < -0.3 is 5.32 Å². The second-order valence-corrected chi connectivity index (χ2v) is 6.59. The van der Waals surface area contributed by atoms with Crippen molar-refractivity contribution in [2.75, 3.05) is 11.6 Å². The van der Waals surface area contributed by atoms with Crippen molar-refractivity contribution < 1.29 is 18.0 Å². The average molecular weight is 341 g/mol. The van der Waals surface area contributed by atoms with Crippen molar-refractivity contribution in [1.82, 2.24) is 0 Å². The molecule has 0 bridgehead atoms. The monoisotopic (exact) mass is 341 g/mol. The number of rotatable bonds is 1. The van der Waals surface area contributed by atoms with Gasteiger partial charge >= 0.3 is 6.18 Å². The molecule has 1 N–H and O–H groups in total. The molecule has 0 aromatic heterocycles. The summed E-state index contributed by atoms with van der Waals surface area (Å²) in [6.45, 7) is 0. The van der Waals surface area contributed by atoms with E-state index in [1.165, 1.54) is 29.6 Å². The van der Waals surface area contributed by atoms with Crippen LogP contribution in [0.5, 0.6) is 0 Å². The van der Waals surface area contributed by atoms with Crippen LogP contribution in [0.4, 0.5) is 18.9 Å². The maximum atomic E-state index is 12.8. The van der Waals surface area contributed by atoms with Gasteiger partial charge in [-0.2, -0.15) is 13.2 Å². The van der Waals surface area contributed by atoms with Crippen LogP contribution in [0.2, 0.25) is 0 Å². The average Bonchev–Trinajstić information content (AvgIpc) is 2.61. The van der Waals surface area contributed by atoms with Gasteiger partial charge in [-0.3, -0.25) is 4.79 Å². The molecular weight excluding hydrogens is 331 g/mol. The molecule has 2 aromatic carbocycles. The van der Waals surface area contributed by atoms with Crippen molar-refractivity contribution in [2.24, 2.45) is 0 Å². The Labute approximate surface area is 133 Å². The lowest BCUT2D eigenvalue weighted by Crippen LogP contribution is -2.13. The number of anilines is 1. The Morgan fingerprint density at radius 1 is 1.09 bits per heavy atom. The predicted octanol–water partition coefficient (Wildman–Crippen LogP) is 5.14. The fourth-order valence-electron chi connectivity index (χ4n) is 2.10. The molecule has 1 heterocycles. The number of thioether (sulfide) groups is 1. The highest BCUT2D eigenvalue weighted by molar-refractivity contribution is 7.99. The number of carbonyl (C=O) groups is 1. The van der Waals surface area contributed by atoms with Gasteiger partial charge in [-0.15, -0.1) is 11.8 Å². The quantitative estimate of drug-likeness (QED) is 0.728. The first-order chi connectivity index (χ1) is 10.4. The topological polar surface area (TPSA) is 29.1 Å². The SMILES string of the molecule is CSc1ccc2c(c1)C(=O)Nc1cc(C(F)(F)F)ccc1S2. The third-order valence-electron chi connectivity index (χ3n) is 3.21. The minimum absolute atomic E-state index is 0.187. The van der Waals surface area contributed by atoms with E-state index >= 15 is 0 Å². The molecule has 2 nitrogen and oxygen atoms in total. The number of carbonyl (C=O) groups excluding carboxylic acids is 1. The summed E-state index contributed by atoms with van der Waals surface area (Å²) in [7, 11) is 0. The third kappa shape index (κ3) is 2.83. The lowest BCUT2D eigenvalue weighted by Gasteiger charge is -2.11. The van der Waals surface area contributed by atoms with Crippen molar-refractivity contribution in [2.45, 2.75) is 20.9 Å². The second-order valence-electron chi connectivity index (χ2n) is 4.63. The maximum Gasteiger partial charge on any atom is 0.416 e. The summed E-state index contributed by atoms with van der Waals surface area (Å²) in [5, 5.41) is 2.57. The maximum absolute atomic E-state index is 12.8. The fraction of sp³-hybridized carbons (Fsp3) is 0.133. The van der Waals surface area contributed by atoms with Crippen LogP contribution in [-0.4, -0.2) is 12.2 Å². The number of hydrogen-bond donors (Lipinski definition) is 1. The molecule has 2 aromatic rings. The van der Waals surface area contributed by atoms with Gasteiger partial charge in [0.25, 0.3) is 5.91 Å². The minimum Gasteiger partial charge on any atom is -0.321 e.